The number of nitrogens with zero attached hydrogens (tertiary/aromatic N) is 2. The van der Waals surface area contributed by atoms with Gasteiger partial charge in [-0.25, -0.2) is 14.4 Å². The van der Waals surface area contributed by atoms with E-state index in [4.69, 9.17) is 0 Å². The molecule has 0 aliphatic heterocycles. The van der Waals surface area contributed by atoms with Gasteiger partial charge in [0.25, 0.3) is 0 Å². The van der Waals surface area contributed by atoms with Gasteiger partial charge in [-0.3, -0.25) is 0 Å². The quantitative estimate of drug-likeness (QED) is 0.897. The summed E-state index contributed by atoms with van der Waals surface area (Å²) in [5.74, 6) is 0.435. The van der Waals surface area contributed by atoms with E-state index in [0.29, 0.717) is 5.82 Å². The smallest absolute Gasteiger partial charge is 0.149 e. The number of hydrogen-bond acceptors (Lipinski definition) is 3. The Morgan fingerprint density at radius 3 is 2.68 bits per heavy atom. The van der Waals surface area contributed by atoms with Gasteiger partial charge in [-0.1, -0.05) is 13.0 Å². The average molecular weight is 259 g/mol. The van der Waals surface area contributed by atoms with Gasteiger partial charge in [0.15, 0.2) is 0 Å². The van der Waals surface area contributed by atoms with Crippen molar-refractivity contribution in [2.45, 2.75) is 26.3 Å². The van der Waals surface area contributed by atoms with E-state index in [2.05, 4.69) is 22.2 Å². The van der Waals surface area contributed by atoms with Crippen molar-refractivity contribution in [3.63, 3.8) is 0 Å². The molecule has 0 aliphatic rings. The largest absolute Gasteiger partial charge is 0.304 e. The molecule has 1 unspecified atom stereocenters. The van der Waals surface area contributed by atoms with E-state index in [1.165, 1.54) is 6.07 Å². The molecule has 0 spiro atoms. The molecule has 2 rings (SSSR count). The van der Waals surface area contributed by atoms with Crippen molar-refractivity contribution < 1.29 is 4.39 Å². The van der Waals surface area contributed by atoms with Gasteiger partial charge in [-0.15, -0.1) is 0 Å². The molecule has 0 bridgehead atoms. The van der Waals surface area contributed by atoms with Crippen LogP contribution in [-0.4, -0.2) is 16.5 Å². The lowest BCUT2D eigenvalue weighted by atomic mass is 10.00. The van der Waals surface area contributed by atoms with Crippen LogP contribution in [0.3, 0.4) is 0 Å². The standard InChI is InChI=1S/C15H18FN3/c1-3-7-17-14(15-18-8-4-9-19-15)13-10-12(16)6-5-11(13)2/h4-6,8-10,14,17H,3,7H2,1-2H3. The van der Waals surface area contributed by atoms with Crippen molar-refractivity contribution in [1.82, 2.24) is 15.3 Å². The van der Waals surface area contributed by atoms with Gasteiger partial charge in [-0.05, 0) is 49.2 Å². The molecule has 0 radical (unpaired) electrons. The minimum Gasteiger partial charge on any atom is -0.304 e. The van der Waals surface area contributed by atoms with Crippen LogP contribution in [0.15, 0.2) is 36.7 Å². The Kier molecular flexibility index (Phi) is 4.58. The summed E-state index contributed by atoms with van der Waals surface area (Å²) in [6.07, 6.45) is 4.41. The van der Waals surface area contributed by atoms with Gasteiger partial charge in [0.2, 0.25) is 0 Å². The Bertz CT molecular complexity index is 528. The Hall–Kier alpha value is -1.81. The van der Waals surface area contributed by atoms with Crippen LogP contribution in [0, 0.1) is 12.7 Å². The van der Waals surface area contributed by atoms with Crippen LogP contribution < -0.4 is 5.32 Å². The van der Waals surface area contributed by atoms with E-state index >= 15 is 0 Å². The Morgan fingerprint density at radius 1 is 1.26 bits per heavy atom. The van der Waals surface area contributed by atoms with Crippen molar-refractivity contribution in [2.75, 3.05) is 6.54 Å². The zero-order valence-electron chi connectivity index (χ0n) is 11.2. The van der Waals surface area contributed by atoms with Gasteiger partial charge in [0.05, 0.1) is 6.04 Å². The molecule has 2 aromatic rings. The van der Waals surface area contributed by atoms with Crippen molar-refractivity contribution in [1.29, 1.82) is 0 Å². The summed E-state index contributed by atoms with van der Waals surface area (Å²) in [6, 6.07) is 6.42. The van der Waals surface area contributed by atoms with Gasteiger partial charge in [-0.2, -0.15) is 0 Å². The van der Waals surface area contributed by atoms with Crippen LogP contribution in [0.25, 0.3) is 0 Å². The Labute approximate surface area is 112 Å². The van der Waals surface area contributed by atoms with Crippen LogP contribution in [0.5, 0.6) is 0 Å². The molecule has 0 saturated carbocycles. The van der Waals surface area contributed by atoms with Gasteiger partial charge < -0.3 is 5.32 Å². The fourth-order valence-electron chi connectivity index (χ4n) is 2.01. The monoisotopic (exact) mass is 259 g/mol. The van der Waals surface area contributed by atoms with E-state index in [-0.39, 0.29) is 11.9 Å². The highest BCUT2D eigenvalue weighted by Gasteiger charge is 2.18. The summed E-state index contributed by atoms with van der Waals surface area (Å²) >= 11 is 0. The summed E-state index contributed by atoms with van der Waals surface area (Å²) in [4.78, 5) is 8.57. The molecule has 4 heteroatoms. The molecule has 3 nitrogen and oxygen atoms in total. The maximum atomic E-state index is 13.5. The number of rotatable bonds is 5. The lowest BCUT2D eigenvalue weighted by Gasteiger charge is -2.19. The molecular formula is C15H18FN3. The zero-order chi connectivity index (χ0) is 13.7. The first-order chi connectivity index (χ1) is 9.22. The Balaban J connectivity index is 2.40. The molecule has 0 amide bonds. The predicted octanol–water partition coefficient (Wildman–Crippen LogP) is 3.01. The second-order valence-corrected chi connectivity index (χ2v) is 4.50. The number of nitrogens with one attached hydrogen (secondary N) is 1. The topological polar surface area (TPSA) is 37.8 Å². The van der Waals surface area contributed by atoms with Crippen LogP contribution in [-0.2, 0) is 0 Å². The molecule has 0 saturated heterocycles. The summed E-state index contributed by atoms with van der Waals surface area (Å²) in [5, 5.41) is 3.38. The second kappa shape index (κ2) is 6.38. The number of aryl methyl sites for hydroxylation is 1. The van der Waals surface area contributed by atoms with Crippen molar-refractivity contribution in [3.05, 3.63) is 59.4 Å². The first kappa shape index (κ1) is 13.6. The summed E-state index contributed by atoms with van der Waals surface area (Å²) < 4.78 is 13.5. The van der Waals surface area contributed by atoms with Crippen LogP contribution >= 0.6 is 0 Å². The molecule has 1 atom stereocenters. The van der Waals surface area contributed by atoms with E-state index < -0.39 is 0 Å². The maximum absolute atomic E-state index is 13.5. The normalized spacial score (nSPS) is 12.4. The molecule has 0 aliphatic carbocycles. The zero-order valence-corrected chi connectivity index (χ0v) is 11.2. The lowest BCUT2D eigenvalue weighted by molar-refractivity contribution is 0.561. The molecular weight excluding hydrogens is 241 g/mol. The number of halogens is 1. The summed E-state index contributed by atoms with van der Waals surface area (Å²) in [7, 11) is 0. The van der Waals surface area contributed by atoms with Gasteiger partial charge in [0.1, 0.15) is 11.6 Å². The lowest BCUT2D eigenvalue weighted by Crippen LogP contribution is -2.25. The molecule has 1 aromatic carbocycles. The van der Waals surface area contributed by atoms with Crippen molar-refractivity contribution in [2.24, 2.45) is 0 Å². The predicted molar refractivity (Wildman–Crippen MR) is 73.3 cm³/mol. The molecule has 1 aromatic heterocycles. The van der Waals surface area contributed by atoms with Crippen LogP contribution in [0.4, 0.5) is 4.39 Å². The molecule has 19 heavy (non-hydrogen) atoms. The van der Waals surface area contributed by atoms with Gasteiger partial charge in [0, 0.05) is 12.4 Å². The molecule has 1 N–H and O–H groups in total. The second-order valence-electron chi connectivity index (χ2n) is 4.50. The average Bonchev–Trinajstić information content (AvgIpc) is 2.44. The highest BCUT2D eigenvalue weighted by atomic mass is 19.1. The fraction of sp³-hybridized carbons (Fsp3) is 0.333. The minimum atomic E-state index is -0.236. The third-order valence-corrected chi connectivity index (χ3v) is 2.99. The molecule has 1 heterocycles. The summed E-state index contributed by atoms with van der Waals surface area (Å²) in [5.41, 5.74) is 1.92. The van der Waals surface area contributed by atoms with Crippen molar-refractivity contribution in [3.8, 4) is 0 Å². The minimum absolute atomic E-state index is 0.170. The van der Waals surface area contributed by atoms with Crippen LogP contribution in [0.1, 0.15) is 36.3 Å². The fourth-order valence-corrected chi connectivity index (χ4v) is 2.01. The van der Waals surface area contributed by atoms with Crippen LogP contribution in [0.2, 0.25) is 0 Å². The SMILES string of the molecule is CCCNC(c1ncccn1)c1cc(F)ccc1C. The van der Waals surface area contributed by atoms with E-state index in [1.807, 2.05) is 6.92 Å². The van der Waals surface area contributed by atoms with E-state index in [0.717, 1.165) is 24.1 Å². The van der Waals surface area contributed by atoms with E-state index in [9.17, 15) is 4.39 Å². The highest BCUT2D eigenvalue weighted by Crippen LogP contribution is 2.23. The number of benzene rings is 1. The summed E-state index contributed by atoms with van der Waals surface area (Å²) in [6.45, 7) is 4.89. The highest BCUT2D eigenvalue weighted by molar-refractivity contribution is 5.33. The number of hydrogen-bond donors (Lipinski definition) is 1. The third-order valence-electron chi connectivity index (χ3n) is 2.99. The number of aromatic nitrogens is 2. The van der Waals surface area contributed by atoms with Gasteiger partial charge >= 0.3 is 0 Å². The third kappa shape index (κ3) is 3.35. The molecule has 100 valence electrons. The maximum Gasteiger partial charge on any atom is 0.149 e. The Morgan fingerprint density at radius 2 is 2.00 bits per heavy atom. The van der Waals surface area contributed by atoms with E-state index in [1.54, 1.807) is 30.6 Å². The molecule has 0 fully saturated rings. The van der Waals surface area contributed by atoms with Crippen molar-refractivity contribution >= 4 is 0 Å². The first-order valence-electron chi connectivity index (χ1n) is 6.48. The first-order valence-corrected chi connectivity index (χ1v) is 6.48.